The Bertz CT molecular complexity index is 1040. The maximum absolute atomic E-state index is 2.44. The van der Waals surface area contributed by atoms with Crippen LogP contribution in [0.4, 0.5) is 0 Å². The molecule has 0 fully saturated rings. The van der Waals surface area contributed by atoms with Crippen molar-refractivity contribution in [1.82, 2.24) is 0 Å². The van der Waals surface area contributed by atoms with Gasteiger partial charge in [0.25, 0.3) is 0 Å². The third-order valence-electron chi connectivity index (χ3n) is 5.78. The molecule has 0 spiro atoms. The van der Waals surface area contributed by atoms with E-state index in [1.54, 1.807) is 22.1 Å². The van der Waals surface area contributed by atoms with Gasteiger partial charge in [0, 0.05) is 0 Å². The Balaban J connectivity index is 2.40. The molecule has 0 saturated heterocycles. The highest BCUT2D eigenvalue weighted by Gasteiger charge is 2.19. The van der Waals surface area contributed by atoms with Gasteiger partial charge in [-0.25, -0.2) is 0 Å². The van der Waals surface area contributed by atoms with Crippen LogP contribution in [-0.4, -0.2) is 0 Å². The first-order valence-electron chi connectivity index (χ1n) is 9.47. The summed E-state index contributed by atoms with van der Waals surface area (Å²) in [4.78, 5) is 0. The molecule has 0 aromatic heterocycles. The van der Waals surface area contributed by atoms with E-state index in [4.69, 9.17) is 0 Å². The topological polar surface area (TPSA) is 0 Å². The summed E-state index contributed by atoms with van der Waals surface area (Å²) < 4.78 is 0. The van der Waals surface area contributed by atoms with Crippen LogP contribution in [0.25, 0.3) is 32.3 Å². The normalized spacial score (nSPS) is 12.0. The monoisotopic (exact) mass is 314 g/mol. The zero-order valence-corrected chi connectivity index (χ0v) is 15.3. The Kier molecular flexibility index (Phi) is 3.72. The second-order valence-electron chi connectivity index (χ2n) is 6.83. The van der Waals surface area contributed by atoms with Crippen molar-refractivity contribution in [1.29, 1.82) is 0 Å². The molecule has 0 amide bonds. The van der Waals surface area contributed by atoms with Crippen molar-refractivity contribution in [3.05, 3.63) is 58.7 Å². The summed E-state index contributed by atoms with van der Waals surface area (Å²) in [6.07, 6.45) is 4.47. The van der Waals surface area contributed by atoms with Gasteiger partial charge in [0.2, 0.25) is 0 Å². The van der Waals surface area contributed by atoms with E-state index >= 15 is 0 Å². The minimum Gasteiger partial charge on any atom is -0.0613 e. The molecule has 0 aliphatic carbocycles. The number of benzene rings is 4. The summed E-state index contributed by atoms with van der Waals surface area (Å²) in [7, 11) is 0. The summed E-state index contributed by atoms with van der Waals surface area (Å²) in [5, 5.41) is 8.80. The van der Waals surface area contributed by atoms with Crippen molar-refractivity contribution in [3.63, 3.8) is 0 Å². The van der Waals surface area contributed by atoms with Crippen LogP contribution in [0.1, 0.15) is 49.9 Å². The quantitative estimate of drug-likeness (QED) is 0.362. The fourth-order valence-corrected chi connectivity index (χ4v) is 4.80. The second-order valence-corrected chi connectivity index (χ2v) is 6.83. The molecule has 0 radical (unpaired) electrons. The second kappa shape index (κ2) is 5.77. The highest BCUT2D eigenvalue weighted by Crippen LogP contribution is 2.42. The fraction of sp³-hybridized carbons (Fsp3) is 0.333. The third-order valence-corrected chi connectivity index (χ3v) is 5.78. The third kappa shape index (κ3) is 1.92. The minimum absolute atomic E-state index is 1.10. The molecular formula is C24H26. The van der Waals surface area contributed by atoms with E-state index in [1.165, 1.54) is 32.5 Å². The first kappa shape index (κ1) is 15.4. The molecule has 0 heteroatoms. The molecule has 4 aromatic rings. The molecule has 24 heavy (non-hydrogen) atoms. The summed E-state index contributed by atoms with van der Waals surface area (Å²) >= 11 is 0. The predicted molar refractivity (Wildman–Crippen MR) is 108 cm³/mol. The van der Waals surface area contributed by atoms with E-state index in [0.717, 1.165) is 25.7 Å². The zero-order valence-electron chi connectivity index (χ0n) is 15.3. The summed E-state index contributed by atoms with van der Waals surface area (Å²) in [5.41, 5.74) is 6.28. The van der Waals surface area contributed by atoms with Crippen molar-refractivity contribution in [2.75, 3.05) is 0 Å². The summed E-state index contributed by atoms with van der Waals surface area (Å²) in [6, 6.07) is 13.9. The van der Waals surface area contributed by atoms with E-state index in [0.29, 0.717) is 0 Å². The molecule has 122 valence electrons. The lowest BCUT2D eigenvalue weighted by Crippen LogP contribution is -2.04. The Morgan fingerprint density at radius 2 is 1.29 bits per heavy atom. The fourth-order valence-electron chi connectivity index (χ4n) is 4.80. The van der Waals surface area contributed by atoms with Crippen LogP contribution in [0, 0.1) is 0 Å². The van der Waals surface area contributed by atoms with Gasteiger partial charge in [0.1, 0.15) is 0 Å². The summed E-state index contributed by atoms with van der Waals surface area (Å²) in [5.74, 6) is 0. The van der Waals surface area contributed by atoms with Gasteiger partial charge < -0.3 is 0 Å². The highest BCUT2D eigenvalue weighted by atomic mass is 14.2. The average molecular weight is 314 g/mol. The van der Waals surface area contributed by atoms with E-state index in [2.05, 4.69) is 64.1 Å². The smallest absolute Gasteiger partial charge is 0.00183 e. The van der Waals surface area contributed by atoms with Gasteiger partial charge in [-0.15, -0.1) is 0 Å². The molecular weight excluding hydrogens is 288 g/mol. The van der Waals surface area contributed by atoms with Crippen LogP contribution in [0.2, 0.25) is 0 Å². The Hall–Kier alpha value is -2.08. The maximum Gasteiger partial charge on any atom is -0.00183 e. The molecule has 0 nitrogen and oxygen atoms in total. The average Bonchev–Trinajstić information content (AvgIpc) is 2.64. The maximum atomic E-state index is 2.44. The Labute approximate surface area is 144 Å². The van der Waals surface area contributed by atoms with Gasteiger partial charge in [-0.2, -0.15) is 0 Å². The van der Waals surface area contributed by atoms with Gasteiger partial charge in [0.15, 0.2) is 0 Å². The lowest BCUT2D eigenvalue weighted by atomic mass is 9.81. The van der Waals surface area contributed by atoms with E-state index < -0.39 is 0 Å². The van der Waals surface area contributed by atoms with Gasteiger partial charge in [-0.1, -0.05) is 64.1 Å². The largest absolute Gasteiger partial charge is 0.0613 e. The van der Waals surface area contributed by atoms with Crippen molar-refractivity contribution in [2.45, 2.75) is 53.4 Å². The molecule has 0 bridgehead atoms. The van der Waals surface area contributed by atoms with Crippen LogP contribution in [0.15, 0.2) is 36.4 Å². The molecule has 0 aliphatic heterocycles. The number of hydrogen-bond donors (Lipinski definition) is 0. The van der Waals surface area contributed by atoms with Crippen molar-refractivity contribution >= 4 is 32.3 Å². The van der Waals surface area contributed by atoms with Crippen LogP contribution in [0.3, 0.4) is 0 Å². The Morgan fingerprint density at radius 1 is 0.583 bits per heavy atom. The lowest BCUT2D eigenvalue weighted by Gasteiger charge is -2.23. The molecule has 0 saturated carbocycles. The van der Waals surface area contributed by atoms with Crippen LogP contribution < -0.4 is 0 Å². The standard InChI is InChI=1S/C24H26/c1-5-15-14-17-11-9-10-16-12-13-21-19(7-3)18(6-2)20(8-4)23(15)24(21)22(16)17/h9-14H,5-8H2,1-4H3. The SMILES string of the molecule is CCc1c(CC)c2ccc3cccc4cc(CC)c(c1CC)c2c34. The first-order chi connectivity index (χ1) is 11.7. The lowest BCUT2D eigenvalue weighted by molar-refractivity contribution is 0.998. The van der Waals surface area contributed by atoms with E-state index in [9.17, 15) is 0 Å². The van der Waals surface area contributed by atoms with Crippen LogP contribution in [-0.2, 0) is 25.7 Å². The van der Waals surface area contributed by atoms with Crippen molar-refractivity contribution in [2.24, 2.45) is 0 Å². The minimum atomic E-state index is 1.10. The Morgan fingerprint density at radius 3 is 1.96 bits per heavy atom. The van der Waals surface area contributed by atoms with E-state index in [-0.39, 0.29) is 0 Å². The van der Waals surface area contributed by atoms with Crippen molar-refractivity contribution in [3.8, 4) is 0 Å². The molecule has 0 aliphatic rings. The predicted octanol–water partition coefficient (Wildman–Crippen LogP) is 6.83. The number of aryl methyl sites for hydroxylation is 3. The van der Waals surface area contributed by atoms with Crippen LogP contribution in [0.5, 0.6) is 0 Å². The molecule has 0 heterocycles. The highest BCUT2D eigenvalue weighted by molar-refractivity contribution is 6.25. The number of hydrogen-bond acceptors (Lipinski definition) is 0. The summed E-state index contributed by atoms with van der Waals surface area (Å²) in [6.45, 7) is 9.25. The van der Waals surface area contributed by atoms with Crippen LogP contribution >= 0.6 is 0 Å². The molecule has 4 aromatic carbocycles. The van der Waals surface area contributed by atoms with Gasteiger partial charge in [-0.05, 0) is 80.3 Å². The molecule has 0 atom stereocenters. The number of rotatable bonds is 4. The van der Waals surface area contributed by atoms with Crippen molar-refractivity contribution < 1.29 is 0 Å². The molecule has 4 rings (SSSR count). The molecule has 0 N–H and O–H groups in total. The first-order valence-corrected chi connectivity index (χ1v) is 9.47. The molecule has 0 unspecified atom stereocenters. The van der Waals surface area contributed by atoms with Gasteiger partial charge >= 0.3 is 0 Å². The zero-order chi connectivity index (χ0) is 16.8. The van der Waals surface area contributed by atoms with E-state index in [1.807, 2.05) is 0 Å². The van der Waals surface area contributed by atoms with Gasteiger partial charge in [0.05, 0.1) is 0 Å². The van der Waals surface area contributed by atoms with Gasteiger partial charge in [-0.3, -0.25) is 0 Å².